The van der Waals surface area contributed by atoms with Gasteiger partial charge in [-0.05, 0) is 5.41 Å². The molecule has 0 radical (unpaired) electrons. The van der Waals surface area contributed by atoms with E-state index in [2.05, 4.69) is 30.7 Å². The standard InChI is InChI=1S/C12H21N3O2/c1-12(2,3)8(13)6-9-14-10(16-4)7-11(15-9)17-5/h7-8H,6,13H2,1-5H3. The smallest absolute Gasteiger partial charge is 0.220 e. The number of hydrogen-bond acceptors (Lipinski definition) is 5. The van der Waals surface area contributed by atoms with E-state index in [9.17, 15) is 0 Å². The minimum atomic E-state index is -0.0145. The van der Waals surface area contributed by atoms with E-state index in [1.807, 2.05) is 0 Å². The van der Waals surface area contributed by atoms with Gasteiger partial charge in [-0.3, -0.25) is 0 Å². The summed E-state index contributed by atoms with van der Waals surface area (Å²) in [5, 5.41) is 0. The van der Waals surface area contributed by atoms with E-state index in [0.717, 1.165) is 0 Å². The molecule has 17 heavy (non-hydrogen) atoms. The van der Waals surface area contributed by atoms with Gasteiger partial charge in [-0.1, -0.05) is 20.8 Å². The van der Waals surface area contributed by atoms with Crippen LogP contribution in [0.25, 0.3) is 0 Å². The van der Waals surface area contributed by atoms with Crippen molar-refractivity contribution in [1.29, 1.82) is 0 Å². The highest BCUT2D eigenvalue weighted by atomic mass is 16.5. The first kappa shape index (κ1) is 13.7. The van der Waals surface area contributed by atoms with Gasteiger partial charge in [0.25, 0.3) is 0 Å². The van der Waals surface area contributed by atoms with E-state index >= 15 is 0 Å². The molecule has 1 aromatic rings. The Morgan fingerprint density at radius 1 is 1.18 bits per heavy atom. The average molecular weight is 239 g/mol. The van der Waals surface area contributed by atoms with Gasteiger partial charge in [-0.25, -0.2) is 0 Å². The monoisotopic (exact) mass is 239 g/mol. The molecule has 0 fully saturated rings. The molecule has 0 aliphatic rings. The molecule has 2 N–H and O–H groups in total. The lowest BCUT2D eigenvalue weighted by Crippen LogP contribution is -2.37. The highest BCUT2D eigenvalue weighted by Crippen LogP contribution is 2.21. The Kier molecular flexibility index (Phi) is 4.28. The zero-order valence-corrected chi connectivity index (χ0v) is 11.2. The summed E-state index contributed by atoms with van der Waals surface area (Å²) in [5.74, 6) is 1.63. The van der Waals surface area contributed by atoms with Crippen LogP contribution in [0.4, 0.5) is 0 Å². The summed E-state index contributed by atoms with van der Waals surface area (Å²) in [7, 11) is 3.13. The number of ether oxygens (including phenoxy) is 2. The summed E-state index contributed by atoms with van der Waals surface area (Å²) in [4.78, 5) is 8.52. The number of hydrogen-bond donors (Lipinski definition) is 1. The molecule has 0 aromatic carbocycles. The second-order valence-electron chi connectivity index (χ2n) is 5.05. The molecule has 1 rings (SSSR count). The van der Waals surface area contributed by atoms with E-state index in [0.29, 0.717) is 24.0 Å². The topological polar surface area (TPSA) is 70.3 Å². The van der Waals surface area contributed by atoms with Crippen LogP contribution in [-0.2, 0) is 6.42 Å². The first-order chi connectivity index (χ1) is 7.86. The van der Waals surface area contributed by atoms with E-state index in [1.54, 1.807) is 20.3 Å². The SMILES string of the molecule is COc1cc(OC)nc(CC(N)C(C)(C)C)n1. The minimum absolute atomic E-state index is 0.0136. The lowest BCUT2D eigenvalue weighted by Gasteiger charge is -2.26. The molecule has 5 nitrogen and oxygen atoms in total. The quantitative estimate of drug-likeness (QED) is 0.860. The first-order valence-corrected chi connectivity index (χ1v) is 5.58. The van der Waals surface area contributed by atoms with Gasteiger partial charge in [0.15, 0.2) is 0 Å². The van der Waals surface area contributed by atoms with Crippen molar-refractivity contribution in [3.8, 4) is 11.8 Å². The van der Waals surface area contributed by atoms with E-state index in [1.165, 1.54) is 0 Å². The van der Waals surface area contributed by atoms with Crippen LogP contribution in [0.2, 0.25) is 0 Å². The average Bonchev–Trinajstić information content (AvgIpc) is 2.27. The molecular formula is C12H21N3O2. The van der Waals surface area contributed by atoms with Gasteiger partial charge in [0.2, 0.25) is 11.8 Å². The Morgan fingerprint density at radius 2 is 1.65 bits per heavy atom. The third-order valence-electron chi connectivity index (χ3n) is 2.66. The lowest BCUT2D eigenvalue weighted by molar-refractivity contribution is 0.310. The first-order valence-electron chi connectivity index (χ1n) is 5.58. The number of rotatable bonds is 4. The van der Waals surface area contributed by atoms with Crippen LogP contribution in [0.5, 0.6) is 11.8 Å². The normalized spacial score (nSPS) is 13.3. The summed E-state index contributed by atoms with van der Waals surface area (Å²) >= 11 is 0. The molecule has 0 aliphatic heterocycles. The fourth-order valence-corrected chi connectivity index (χ4v) is 1.25. The van der Waals surface area contributed by atoms with Crippen molar-refractivity contribution in [2.75, 3.05) is 14.2 Å². The van der Waals surface area contributed by atoms with Crippen molar-refractivity contribution in [2.45, 2.75) is 33.2 Å². The third kappa shape index (κ3) is 3.85. The second kappa shape index (κ2) is 5.31. The van der Waals surface area contributed by atoms with Crippen molar-refractivity contribution in [2.24, 2.45) is 11.1 Å². The lowest BCUT2D eigenvalue weighted by atomic mass is 9.85. The van der Waals surface area contributed by atoms with Crippen LogP contribution in [0, 0.1) is 5.41 Å². The summed E-state index contributed by atoms with van der Waals surface area (Å²) in [5.41, 5.74) is 6.12. The Morgan fingerprint density at radius 3 is 2.00 bits per heavy atom. The van der Waals surface area contributed by atoms with E-state index in [-0.39, 0.29) is 11.5 Å². The van der Waals surface area contributed by atoms with Crippen molar-refractivity contribution in [3.05, 3.63) is 11.9 Å². The zero-order chi connectivity index (χ0) is 13.1. The Labute approximate surface area is 102 Å². The molecule has 0 bridgehead atoms. The molecule has 0 saturated carbocycles. The van der Waals surface area contributed by atoms with Gasteiger partial charge in [-0.15, -0.1) is 0 Å². The van der Waals surface area contributed by atoms with Gasteiger partial charge in [-0.2, -0.15) is 9.97 Å². The van der Waals surface area contributed by atoms with Crippen LogP contribution < -0.4 is 15.2 Å². The molecule has 0 saturated heterocycles. The van der Waals surface area contributed by atoms with Crippen molar-refractivity contribution < 1.29 is 9.47 Å². The molecule has 0 amide bonds. The van der Waals surface area contributed by atoms with Gasteiger partial charge < -0.3 is 15.2 Å². The highest BCUT2D eigenvalue weighted by molar-refractivity contribution is 5.21. The van der Waals surface area contributed by atoms with Crippen molar-refractivity contribution in [1.82, 2.24) is 9.97 Å². The molecule has 0 spiro atoms. The van der Waals surface area contributed by atoms with Crippen molar-refractivity contribution >= 4 is 0 Å². The third-order valence-corrected chi connectivity index (χ3v) is 2.66. The predicted molar refractivity (Wildman–Crippen MR) is 66.3 cm³/mol. The molecule has 96 valence electrons. The number of nitrogens with zero attached hydrogens (tertiary/aromatic N) is 2. The summed E-state index contributed by atoms with van der Waals surface area (Å²) in [6.07, 6.45) is 0.594. The van der Waals surface area contributed by atoms with E-state index in [4.69, 9.17) is 15.2 Å². The van der Waals surface area contributed by atoms with Gasteiger partial charge in [0, 0.05) is 12.5 Å². The van der Waals surface area contributed by atoms with Gasteiger partial charge in [0.1, 0.15) is 5.82 Å². The van der Waals surface area contributed by atoms with Gasteiger partial charge >= 0.3 is 0 Å². The zero-order valence-electron chi connectivity index (χ0n) is 11.2. The van der Waals surface area contributed by atoms with Crippen LogP contribution >= 0.6 is 0 Å². The molecule has 5 heteroatoms. The number of methoxy groups -OCH3 is 2. The minimum Gasteiger partial charge on any atom is -0.481 e. The fourth-order valence-electron chi connectivity index (χ4n) is 1.25. The molecular weight excluding hydrogens is 218 g/mol. The molecule has 1 unspecified atom stereocenters. The number of nitrogens with two attached hydrogens (primary N) is 1. The summed E-state index contributed by atoms with van der Waals surface area (Å²) in [6, 6.07) is 1.63. The number of aromatic nitrogens is 2. The molecule has 1 atom stereocenters. The van der Waals surface area contributed by atoms with Crippen LogP contribution in [0.1, 0.15) is 26.6 Å². The Bertz CT molecular complexity index is 352. The van der Waals surface area contributed by atoms with Crippen molar-refractivity contribution in [3.63, 3.8) is 0 Å². The maximum Gasteiger partial charge on any atom is 0.220 e. The predicted octanol–water partition coefficient (Wildman–Crippen LogP) is 1.41. The van der Waals surface area contributed by atoms with E-state index < -0.39 is 0 Å². The maximum atomic E-state index is 6.10. The molecule has 1 heterocycles. The molecule has 0 aliphatic carbocycles. The van der Waals surface area contributed by atoms with Crippen LogP contribution in [0.15, 0.2) is 6.07 Å². The fraction of sp³-hybridized carbons (Fsp3) is 0.667. The maximum absolute atomic E-state index is 6.10. The Balaban J connectivity index is 2.90. The Hall–Kier alpha value is -1.36. The highest BCUT2D eigenvalue weighted by Gasteiger charge is 2.22. The van der Waals surface area contributed by atoms with Gasteiger partial charge in [0.05, 0.1) is 20.3 Å². The molecule has 1 aromatic heterocycles. The van der Waals surface area contributed by atoms with Crippen LogP contribution in [-0.4, -0.2) is 30.2 Å². The van der Waals surface area contributed by atoms with Crippen LogP contribution in [0.3, 0.4) is 0 Å². The largest absolute Gasteiger partial charge is 0.481 e. The second-order valence-corrected chi connectivity index (χ2v) is 5.05. The summed E-state index contributed by atoms with van der Waals surface area (Å²) in [6.45, 7) is 6.28. The summed E-state index contributed by atoms with van der Waals surface area (Å²) < 4.78 is 10.2.